The Bertz CT molecular complexity index is 379. The molecule has 0 spiro atoms. The molecule has 27 heavy (non-hydrogen) atoms. The molecule has 2 fully saturated rings. The van der Waals surface area contributed by atoms with Crippen molar-refractivity contribution in [1.29, 1.82) is 0 Å². The van der Waals surface area contributed by atoms with Gasteiger partial charge in [0, 0.05) is 19.1 Å². The van der Waals surface area contributed by atoms with E-state index in [1.807, 2.05) is 0 Å². The smallest absolute Gasteiger partial charge is 0.308 e. The molecule has 2 atom stereocenters. The van der Waals surface area contributed by atoms with Crippen LogP contribution in [0, 0.1) is 11.8 Å². The van der Waals surface area contributed by atoms with Gasteiger partial charge in [0.2, 0.25) is 0 Å². The number of rotatable bonds is 7. The van der Waals surface area contributed by atoms with Gasteiger partial charge in [-0.25, -0.2) is 0 Å². The van der Waals surface area contributed by atoms with Crippen molar-refractivity contribution >= 4 is 5.97 Å². The van der Waals surface area contributed by atoms with Crippen LogP contribution in [0.15, 0.2) is 0 Å². The predicted octanol–water partition coefficient (Wildman–Crippen LogP) is 4.82. The van der Waals surface area contributed by atoms with E-state index in [1.165, 1.54) is 84.3 Å². The lowest BCUT2D eigenvalue weighted by Gasteiger charge is -2.21. The Hall–Kier alpha value is -0.610. The summed E-state index contributed by atoms with van der Waals surface area (Å²) in [7, 11) is 1.52. The molecule has 2 rings (SSSR count). The molecular weight excluding hydrogens is 336 g/mol. The Labute approximate surface area is 167 Å². The predicted molar refractivity (Wildman–Crippen MR) is 113 cm³/mol. The summed E-state index contributed by atoms with van der Waals surface area (Å²) < 4.78 is 4.99. The maximum Gasteiger partial charge on any atom is 0.308 e. The van der Waals surface area contributed by atoms with Gasteiger partial charge in [-0.05, 0) is 51.0 Å². The number of hydrogen-bond acceptors (Lipinski definition) is 4. The molecule has 0 saturated heterocycles. The van der Waals surface area contributed by atoms with E-state index in [1.54, 1.807) is 0 Å². The first kappa shape index (κ1) is 22.7. The van der Waals surface area contributed by atoms with Gasteiger partial charge in [0.25, 0.3) is 0 Å². The molecule has 0 amide bonds. The molecule has 4 nitrogen and oxygen atoms in total. The zero-order valence-corrected chi connectivity index (χ0v) is 17.8. The van der Waals surface area contributed by atoms with Crippen molar-refractivity contribution in [2.75, 3.05) is 26.7 Å². The standard InChI is InChI=1S/C23H44N2O2/c1-27-23(26)21-13-9-6-10-14-22(16-15-21)25-18-17-24-19-20-11-7-4-2-3-5-8-12-20/h20-22,24-25H,2-19H2,1H3. The molecule has 2 N–H and O–H groups in total. The molecule has 2 saturated carbocycles. The molecule has 2 aliphatic rings. The Kier molecular flexibility index (Phi) is 12.1. The Morgan fingerprint density at radius 2 is 1.41 bits per heavy atom. The average molecular weight is 381 g/mol. The Morgan fingerprint density at radius 3 is 2.15 bits per heavy atom. The quantitative estimate of drug-likeness (QED) is 0.491. The Balaban J connectivity index is 1.60. The second-order valence-electron chi connectivity index (χ2n) is 8.86. The molecule has 0 aliphatic heterocycles. The molecule has 0 aromatic carbocycles. The van der Waals surface area contributed by atoms with Gasteiger partial charge in [-0.1, -0.05) is 57.8 Å². The van der Waals surface area contributed by atoms with Crippen LogP contribution in [0.1, 0.15) is 96.3 Å². The zero-order valence-electron chi connectivity index (χ0n) is 17.8. The van der Waals surface area contributed by atoms with Crippen molar-refractivity contribution in [2.24, 2.45) is 11.8 Å². The largest absolute Gasteiger partial charge is 0.469 e. The van der Waals surface area contributed by atoms with E-state index in [4.69, 9.17) is 4.74 Å². The molecule has 2 unspecified atom stereocenters. The summed E-state index contributed by atoms with van der Waals surface area (Å²) in [6.07, 6.45) is 19.4. The zero-order chi connectivity index (χ0) is 19.2. The lowest BCUT2D eigenvalue weighted by molar-refractivity contribution is -0.146. The van der Waals surface area contributed by atoms with Gasteiger partial charge < -0.3 is 15.4 Å². The summed E-state index contributed by atoms with van der Waals surface area (Å²) in [6.45, 7) is 3.30. The number of methoxy groups -OCH3 is 1. The molecule has 2 aliphatic carbocycles. The highest BCUT2D eigenvalue weighted by molar-refractivity contribution is 5.72. The fraction of sp³-hybridized carbons (Fsp3) is 0.957. The minimum absolute atomic E-state index is 0.00711. The third-order valence-corrected chi connectivity index (χ3v) is 6.65. The minimum Gasteiger partial charge on any atom is -0.469 e. The van der Waals surface area contributed by atoms with E-state index in [9.17, 15) is 4.79 Å². The maximum atomic E-state index is 11.9. The van der Waals surface area contributed by atoms with Gasteiger partial charge in [0.1, 0.15) is 0 Å². The summed E-state index contributed by atoms with van der Waals surface area (Å²) in [4.78, 5) is 11.9. The number of ether oxygens (including phenoxy) is 1. The average Bonchev–Trinajstić information content (AvgIpc) is 2.89. The molecule has 0 aromatic heterocycles. The topological polar surface area (TPSA) is 50.4 Å². The molecule has 0 bridgehead atoms. The molecule has 0 aromatic rings. The second kappa shape index (κ2) is 14.4. The molecule has 0 heterocycles. The molecule has 4 heteroatoms. The van der Waals surface area contributed by atoms with Gasteiger partial charge in [-0.15, -0.1) is 0 Å². The summed E-state index contributed by atoms with van der Waals surface area (Å²) >= 11 is 0. The van der Waals surface area contributed by atoms with Crippen LogP contribution in [-0.4, -0.2) is 38.8 Å². The normalized spacial score (nSPS) is 26.7. The van der Waals surface area contributed by atoms with Crippen LogP contribution in [0.3, 0.4) is 0 Å². The first-order chi connectivity index (χ1) is 13.3. The summed E-state index contributed by atoms with van der Waals surface area (Å²) in [5.74, 6) is 0.986. The third kappa shape index (κ3) is 9.94. The summed E-state index contributed by atoms with van der Waals surface area (Å²) in [6, 6.07) is 0.557. The lowest BCUT2D eigenvalue weighted by atomic mass is 9.96. The van der Waals surface area contributed by atoms with Crippen LogP contribution >= 0.6 is 0 Å². The van der Waals surface area contributed by atoms with Crippen LogP contribution in [0.5, 0.6) is 0 Å². The van der Waals surface area contributed by atoms with Gasteiger partial charge in [0.15, 0.2) is 0 Å². The molecule has 158 valence electrons. The van der Waals surface area contributed by atoms with E-state index >= 15 is 0 Å². The second-order valence-corrected chi connectivity index (χ2v) is 8.86. The van der Waals surface area contributed by atoms with Gasteiger partial charge >= 0.3 is 5.97 Å². The number of esters is 1. The first-order valence-electron chi connectivity index (χ1n) is 11.8. The van der Waals surface area contributed by atoms with Crippen molar-refractivity contribution in [2.45, 2.75) is 102 Å². The third-order valence-electron chi connectivity index (χ3n) is 6.65. The van der Waals surface area contributed by atoms with E-state index in [2.05, 4.69) is 10.6 Å². The number of carbonyl (C=O) groups is 1. The van der Waals surface area contributed by atoms with E-state index in [0.29, 0.717) is 6.04 Å². The minimum atomic E-state index is -0.00711. The van der Waals surface area contributed by atoms with Crippen molar-refractivity contribution in [3.8, 4) is 0 Å². The molecular formula is C23H44N2O2. The highest BCUT2D eigenvalue weighted by atomic mass is 16.5. The molecule has 0 radical (unpaired) electrons. The van der Waals surface area contributed by atoms with Crippen LogP contribution in [0.2, 0.25) is 0 Å². The van der Waals surface area contributed by atoms with Crippen molar-refractivity contribution in [3.05, 3.63) is 0 Å². The van der Waals surface area contributed by atoms with Gasteiger partial charge in [-0.2, -0.15) is 0 Å². The summed E-state index contributed by atoms with van der Waals surface area (Å²) in [5.41, 5.74) is 0. The SMILES string of the molecule is COC(=O)C1CCCCCC(NCCNCC2CCCCCCCC2)CC1. The maximum absolute atomic E-state index is 11.9. The van der Waals surface area contributed by atoms with Crippen molar-refractivity contribution in [1.82, 2.24) is 10.6 Å². The van der Waals surface area contributed by atoms with Crippen LogP contribution < -0.4 is 10.6 Å². The van der Waals surface area contributed by atoms with E-state index in [0.717, 1.165) is 44.7 Å². The van der Waals surface area contributed by atoms with Crippen LogP contribution in [-0.2, 0) is 9.53 Å². The number of carbonyl (C=O) groups excluding carboxylic acids is 1. The summed E-state index contributed by atoms with van der Waals surface area (Å²) in [5, 5.41) is 7.45. The first-order valence-corrected chi connectivity index (χ1v) is 11.8. The number of nitrogens with one attached hydrogen (secondary N) is 2. The van der Waals surface area contributed by atoms with Crippen LogP contribution in [0.4, 0.5) is 0 Å². The van der Waals surface area contributed by atoms with Gasteiger partial charge in [0.05, 0.1) is 13.0 Å². The van der Waals surface area contributed by atoms with Crippen molar-refractivity contribution < 1.29 is 9.53 Å². The Morgan fingerprint density at radius 1 is 0.778 bits per heavy atom. The highest BCUT2D eigenvalue weighted by Gasteiger charge is 2.22. The lowest BCUT2D eigenvalue weighted by Crippen LogP contribution is -2.37. The van der Waals surface area contributed by atoms with Crippen molar-refractivity contribution in [3.63, 3.8) is 0 Å². The van der Waals surface area contributed by atoms with E-state index in [-0.39, 0.29) is 11.9 Å². The van der Waals surface area contributed by atoms with E-state index < -0.39 is 0 Å². The fourth-order valence-electron chi connectivity index (χ4n) is 4.85. The van der Waals surface area contributed by atoms with Crippen LogP contribution in [0.25, 0.3) is 0 Å². The highest BCUT2D eigenvalue weighted by Crippen LogP contribution is 2.23. The monoisotopic (exact) mass is 380 g/mol. The fourth-order valence-corrected chi connectivity index (χ4v) is 4.85. The number of hydrogen-bond donors (Lipinski definition) is 2. The van der Waals surface area contributed by atoms with Gasteiger partial charge in [-0.3, -0.25) is 4.79 Å².